The van der Waals surface area contributed by atoms with Crippen LogP contribution < -0.4 is 5.32 Å². The third kappa shape index (κ3) is 3.23. The monoisotopic (exact) mass is 253 g/mol. The molecule has 0 bridgehead atoms. The van der Waals surface area contributed by atoms with E-state index in [1.54, 1.807) is 0 Å². The van der Waals surface area contributed by atoms with Crippen molar-refractivity contribution >= 4 is 5.91 Å². The van der Waals surface area contributed by atoms with Crippen molar-refractivity contribution in [1.82, 2.24) is 15.1 Å². The maximum absolute atomic E-state index is 12.4. The van der Waals surface area contributed by atoms with Gasteiger partial charge in [-0.05, 0) is 12.8 Å². The van der Waals surface area contributed by atoms with E-state index in [0.717, 1.165) is 52.1 Å². The van der Waals surface area contributed by atoms with E-state index < -0.39 is 0 Å². The van der Waals surface area contributed by atoms with E-state index in [4.69, 9.17) is 0 Å². The Morgan fingerprint density at radius 3 is 2.50 bits per heavy atom. The van der Waals surface area contributed by atoms with Crippen LogP contribution in [0.4, 0.5) is 0 Å². The molecule has 1 amide bonds. The topological polar surface area (TPSA) is 35.6 Å². The molecule has 4 heteroatoms. The number of piperazine rings is 1. The minimum atomic E-state index is -0.0712. The van der Waals surface area contributed by atoms with Crippen LogP contribution >= 0.6 is 0 Å². The molecule has 1 saturated heterocycles. The fraction of sp³-hybridized carbons (Fsp3) is 0.929. The Bertz CT molecular complexity index is 281. The maximum atomic E-state index is 12.4. The summed E-state index contributed by atoms with van der Waals surface area (Å²) in [4.78, 5) is 16.8. The molecular formula is C14H27N3O. The van der Waals surface area contributed by atoms with Crippen LogP contribution in [0.25, 0.3) is 0 Å². The molecule has 2 aliphatic rings. The van der Waals surface area contributed by atoms with Crippen molar-refractivity contribution in [3.8, 4) is 0 Å². The summed E-state index contributed by atoms with van der Waals surface area (Å²) in [5.41, 5.74) is -0.0712. The maximum Gasteiger partial charge on any atom is 0.228 e. The summed E-state index contributed by atoms with van der Waals surface area (Å²) < 4.78 is 0. The predicted octanol–water partition coefficient (Wildman–Crippen LogP) is 0.930. The molecular weight excluding hydrogens is 226 g/mol. The van der Waals surface area contributed by atoms with Gasteiger partial charge in [0, 0.05) is 51.7 Å². The van der Waals surface area contributed by atoms with Crippen molar-refractivity contribution in [3.63, 3.8) is 0 Å². The third-order valence-corrected chi connectivity index (χ3v) is 4.53. The quantitative estimate of drug-likeness (QED) is 0.809. The number of nitrogens with one attached hydrogen (secondary N) is 1. The van der Waals surface area contributed by atoms with E-state index >= 15 is 0 Å². The summed E-state index contributed by atoms with van der Waals surface area (Å²) in [6.45, 7) is 8.40. The number of nitrogens with zero attached hydrogens (tertiary/aromatic N) is 2. The van der Waals surface area contributed by atoms with E-state index in [2.05, 4.69) is 17.1 Å². The summed E-state index contributed by atoms with van der Waals surface area (Å²) in [5, 5.41) is 3.35. The second kappa shape index (κ2) is 6.02. The van der Waals surface area contributed by atoms with Crippen LogP contribution in [0, 0.1) is 5.41 Å². The molecule has 0 spiro atoms. The van der Waals surface area contributed by atoms with Gasteiger partial charge in [-0.25, -0.2) is 0 Å². The van der Waals surface area contributed by atoms with E-state index in [0.29, 0.717) is 5.91 Å². The fourth-order valence-corrected chi connectivity index (χ4v) is 3.16. The predicted molar refractivity (Wildman–Crippen MR) is 73.5 cm³/mol. The Morgan fingerprint density at radius 2 is 1.89 bits per heavy atom. The van der Waals surface area contributed by atoms with Gasteiger partial charge in [0.2, 0.25) is 5.91 Å². The highest BCUT2D eigenvalue weighted by Crippen LogP contribution is 2.38. The molecule has 0 atom stereocenters. The second-order valence-corrected chi connectivity index (χ2v) is 6.09. The van der Waals surface area contributed by atoms with Gasteiger partial charge in [-0.2, -0.15) is 0 Å². The molecule has 0 aromatic rings. The van der Waals surface area contributed by atoms with Crippen LogP contribution in [0.5, 0.6) is 0 Å². The summed E-state index contributed by atoms with van der Waals surface area (Å²) in [7, 11) is 1.97. The minimum Gasteiger partial charge on any atom is -0.344 e. The molecule has 1 aliphatic heterocycles. The first-order valence-electron chi connectivity index (χ1n) is 7.30. The lowest BCUT2D eigenvalue weighted by Crippen LogP contribution is -2.47. The molecule has 0 aromatic heterocycles. The average molecular weight is 253 g/mol. The fourth-order valence-electron chi connectivity index (χ4n) is 3.16. The van der Waals surface area contributed by atoms with Crippen molar-refractivity contribution < 1.29 is 4.79 Å². The van der Waals surface area contributed by atoms with Crippen LogP contribution in [-0.2, 0) is 4.79 Å². The Kier molecular flexibility index (Phi) is 4.62. The number of carbonyl (C=O) groups excluding carboxylic acids is 1. The highest BCUT2D eigenvalue weighted by molar-refractivity contribution is 5.82. The largest absolute Gasteiger partial charge is 0.344 e. The second-order valence-electron chi connectivity index (χ2n) is 6.09. The molecule has 2 fully saturated rings. The molecule has 1 heterocycles. The number of hydrogen-bond donors (Lipinski definition) is 1. The Labute approximate surface area is 111 Å². The molecule has 0 aromatic carbocycles. The standard InChI is InChI=1S/C14H27N3O/c1-14(5-3-4-6-14)13(18)16(2)11-12-17-9-7-15-8-10-17/h15H,3-12H2,1-2H3. The first-order chi connectivity index (χ1) is 8.62. The molecule has 1 N–H and O–H groups in total. The highest BCUT2D eigenvalue weighted by Gasteiger charge is 2.37. The molecule has 1 saturated carbocycles. The SMILES string of the molecule is CN(CCN1CCNCC1)C(=O)C1(C)CCCC1. The summed E-state index contributed by atoms with van der Waals surface area (Å²) in [6.07, 6.45) is 4.58. The van der Waals surface area contributed by atoms with Crippen molar-refractivity contribution in [3.05, 3.63) is 0 Å². The zero-order chi connectivity index (χ0) is 13.0. The number of carbonyl (C=O) groups is 1. The smallest absolute Gasteiger partial charge is 0.228 e. The van der Waals surface area contributed by atoms with Gasteiger partial charge in [0.05, 0.1) is 0 Å². The first kappa shape index (κ1) is 13.8. The van der Waals surface area contributed by atoms with Crippen molar-refractivity contribution in [1.29, 1.82) is 0 Å². The highest BCUT2D eigenvalue weighted by atomic mass is 16.2. The number of amides is 1. The third-order valence-electron chi connectivity index (χ3n) is 4.53. The summed E-state index contributed by atoms with van der Waals surface area (Å²) in [5.74, 6) is 0.357. The Balaban J connectivity index is 1.76. The molecule has 0 radical (unpaired) electrons. The van der Waals surface area contributed by atoms with Crippen molar-refractivity contribution in [2.45, 2.75) is 32.6 Å². The van der Waals surface area contributed by atoms with Gasteiger partial charge in [0.15, 0.2) is 0 Å². The van der Waals surface area contributed by atoms with Gasteiger partial charge in [-0.3, -0.25) is 9.69 Å². The lowest BCUT2D eigenvalue weighted by molar-refractivity contribution is -0.139. The van der Waals surface area contributed by atoms with Gasteiger partial charge < -0.3 is 10.2 Å². The number of hydrogen-bond acceptors (Lipinski definition) is 3. The molecule has 18 heavy (non-hydrogen) atoms. The molecule has 2 rings (SSSR count). The lowest BCUT2D eigenvalue weighted by atomic mass is 9.87. The zero-order valence-corrected chi connectivity index (χ0v) is 11.9. The van der Waals surface area contributed by atoms with E-state index in [-0.39, 0.29) is 5.41 Å². The van der Waals surface area contributed by atoms with Crippen molar-refractivity contribution in [2.75, 3.05) is 46.3 Å². The van der Waals surface area contributed by atoms with Gasteiger partial charge in [0.1, 0.15) is 0 Å². The molecule has 4 nitrogen and oxygen atoms in total. The van der Waals surface area contributed by atoms with Gasteiger partial charge in [-0.15, -0.1) is 0 Å². The van der Waals surface area contributed by atoms with Crippen LogP contribution in [0.1, 0.15) is 32.6 Å². The molecule has 104 valence electrons. The number of rotatable bonds is 4. The van der Waals surface area contributed by atoms with Crippen LogP contribution in [0.15, 0.2) is 0 Å². The normalized spacial score (nSPS) is 24.1. The summed E-state index contributed by atoms with van der Waals surface area (Å²) >= 11 is 0. The van der Waals surface area contributed by atoms with E-state index in [1.165, 1.54) is 12.8 Å². The molecule has 1 aliphatic carbocycles. The minimum absolute atomic E-state index is 0.0712. The van der Waals surface area contributed by atoms with Gasteiger partial charge in [0.25, 0.3) is 0 Å². The van der Waals surface area contributed by atoms with Gasteiger partial charge in [-0.1, -0.05) is 19.8 Å². The van der Waals surface area contributed by atoms with E-state index in [9.17, 15) is 4.79 Å². The lowest BCUT2D eigenvalue weighted by Gasteiger charge is -2.32. The van der Waals surface area contributed by atoms with Crippen LogP contribution in [0.3, 0.4) is 0 Å². The first-order valence-corrected chi connectivity index (χ1v) is 7.30. The van der Waals surface area contributed by atoms with Crippen LogP contribution in [-0.4, -0.2) is 62.0 Å². The zero-order valence-electron chi connectivity index (χ0n) is 11.9. The van der Waals surface area contributed by atoms with Gasteiger partial charge >= 0.3 is 0 Å². The van der Waals surface area contributed by atoms with Crippen molar-refractivity contribution in [2.24, 2.45) is 5.41 Å². The Morgan fingerprint density at radius 1 is 1.28 bits per heavy atom. The van der Waals surface area contributed by atoms with Crippen LogP contribution in [0.2, 0.25) is 0 Å². The Hall–Kier alpha value is -0.610. The summed E-state index contributed by atoms with van der Waals surface area (Å²) in [6, 6.07) is 0. The average Bonchev–Trinajstić information content (AvgIpc) is 2.84. The molecule has 0 unspecified atom stereocenters. The number of likely N-dealkylation sites (N-methyl/N-ethyl adjacent to an activating group) is 1. The van der Waals surface area contributed by atoms with E-state index in [1.807, 2.05) is 11.9 Å².